The van der Waals surface area contributed by atoms with Gasteiger partial charge in [-0.15, -0.1) is 0 Å². The van der Waals surface area contributed by atoms with Gasteiger partial charge in [0.25, 0.3) is 5.91 Å². The maximum Gasteiger partial charge on any atom is 0.253 e. The Labute approximate surface area is 116 Å². The molecule has 0 saturated carbocycles. The van der Waals surface area contributed by atoms with Crippen LogP contribution >= 0.6 is 15.9 Å². The maximum absolute atomic E-state index is 12.0. The molecule has 18 heavy (non-hydrogen) atoms. The Bertz CT molecular complexity index is 431. The molecule has 1 aromatic carbocycles. The maximum atomic E-state index is 12.0. The summed E-state index contributed by atoms with van der Waals surface area (Å²) >= 11 is 3.30. The molecule has 0 aliphatic carbocycles. The average molecular weight is 315 g/mol. The molecule has 0 saturated heterocycles. The summed E-state index contributed by atoms with van der Waals surface area (Å²) in [5.41, 5.74) is 5.74. The smallest absolute Gasteiger partial charge is 0.253 e. The third kappa shape index (κ3) is 3.71. The number of hydrogen-bond acceptors (Lipinski definition) is 3. The van der Waals surface area contributed by atoms with Crippen LogP contribution in [0.2, 0.25) is 0 Å². The van der Waals surface area contributed by atoms with E-state index in [-0.39, 0.29) is 12.5 Å². The van der Waals surface area contributed by atoms with Gasteiger partial charge in [-0.05, 0) is 31.0 Å². The van der Waals surface area contributed by atoms with E-state index in [1.165, 1.54) is 0 Å². The summed E-state index contributed by atoms with van der Waals surface area (Å²) in [4.78, 5) is 12.0. The number of nitrogens with two attached hydrogens (primary N) is 1. The molecule has 1 amide bonds. The van der Waals surface area contributed by atoms with Crippen LogP contribution in [-0.4, -0.2) is 23.2 Å². The first-order valence-electron chi connectivity index (χ1n) is 5.97. The molecule has 0 unspecified atom stereocenters. The molecule has 5 heteroatoms. The first-order valence-corrected chi connectivity index (χ1v) is 6.76. The molecule has 100 valence electrons. The zero-order valence-corrected chi connectivity index (χ0v) is 12.3. The summed E-state index contributed by atoms with van der Waals surface area (Å²) in [6.07, 6.45) is 1.19. The van der Waals surface area contributed by atoms with Crippen molar-refractivity contribution >= 4 is 27.5 Å². The Morgan fingerprint density at radius 3 is 2.61 bits per heavy atom. The zero-order chi connectivity index (χ0) is 13.8. The Hall–Kier alpha value is -1.07. The molecule has 4 N–H and O–H groups in total. The highest BCUT2D eigenvalue weighted by Gasteiger charge is 2.23. The van der Waals surface area contributed by atoms with Crippen LogP contribution < -0.4 is 11.1 Å². The van der Waals surface area contributed by atoms with Crippen molar-refractivity contribution in [1.82, 2.24) is 5.32 Å². The van der Waals surface area contributed by atoms with E-state index in [0.29, 0.717) is 24.1 Å². The summed E-state index contributed by atoms with van der Waals surface area (Å²) in [5, 5.41) is 12.8. The topological polar surface area (TPSA) is 75.3 Å². The Kier molecular flexibility index (Phi) is 5.16. The summed E-state index contributed by atoms with van der Waals surface area (Å²) in [6, 6.07) is 5.12. The number of aliphatic hydroxyl groups is 1. The fraction of sp³-hybridized carbons (Fsp3) is 0.462. The van der Waals surface area contributed by atoms with Crippen LogP contribution in [0.5, 0.6) is 0 Å². The van der Waals surface area contributed by atoms with Crippen molar-refractivity contribution in [3.63, 3.8) is 0 Å². The second kappa shape index (κ2) is 6.20. The van der Waals surface area contributed by atoms with E-state index >= 15 is 0 Å². The fourth-order valence-corrected chi connectivity index (χ4v) is 1.93. The number of amides is 1. The SMILES string of the molecule is CCC(O)(CC)CNC(=O)c1cc(Br)ccc1N. The van der Waals surface area contributed by atoms with Gasteiger partial charge in [-0.3, -0.25) is 4.79 Å². The lowest BCUT2D eigenvalue weighted by atomic mass is 9.97. The molecule has 0 fully saturated rings. The molecule has 0 radical (unpaired) electrons. The second-order valence-electron chi connectivity index (χ2n) is 4.35. The Morgan fingerprint density at radius 1 is 1.44 bits per heavy atom. The Balaban J connectivity index is 2.74. The molecule has 4 nitrogen and oxygen atoms in total. The molecule has 0 atom stereocenters. The lowest BCUT2D eigenvalue weighted by molar-refractivity contribution is 0.0314. The molecule has 0 bridgehead atoms. The number of hydrogen-bond donors (Lipinski definition) is 3. The fourth-order valence-electron chi connectivity index (χ4n) is 1.57. The zero-order valence-electron chi connectivity index (χ0n) is 10.7. The van der Waals surface area contributed by atoms with Crippen molar-refractivity contribution in [2.75, 3.05) is 12.3 Å². The second-order valence-corrected chi connectivity index (χ2v) is 5.26. The summed E-state index contributed by atoms with van der Waals surface area (Å²) in [6.45, 7) is 4.01. The standard InChI is InChI=1S/C13H19BrN2O2/c1-3-13(18,4-2)8-16-12(17)10-7-9(14)5-6-11(10)15/h5-7,18H,3-4,8,15H2,1-2H3,(H,16,17). The van der Waals surface area contributed by atoms with Gasteiger partial charge in [-0.2, -0.15) is 0 Å². The quantitative estimate of drug-likeness (QED) is 0.730. The number of nitrogens with one attached hydrogen (secondary N) is 1. The molecule has 0 aromatic heterocycles. The van der Waals surface area contributed by atoms with Crippen LogP contribution in [0.15, 0.2) is 22.7 Å². The monoisotopic (exact) mass is 314 g/mol. The number of rotatable bonds is 5. The van der Waals surface area contributed by atoms with E-state index in [0.717, 1.165) is 4.47 Å². The molecular weight excluding hydrogens is 296 g/mol. The van der Waals surface area contributed by atoms with Gasteiger partial charge >= 0.3 is 0 Å². The van der Waals surface area contributed by atoms with Gasteiger partial charge in [-0.1, -0.05) is 29.8 Å². The van der Waals surface area contributed by atoms with Crippen LogP contribution in [0.25, 0.3) is 0 Å². The van der Waals surface area contributed by atoms with Crippen molar-refractivity contribution in [2.45, 2.75) is 32.3 Å². The van der Waals surface area contributed by atoms with E-state index < -0.39 is 5.60 Å². The van der Waals surface area contributed by atoms with E-state index in [4.69, 9.17) is 5.73 Å². The number of anilines is 1. The van der Waals surface area contributed by atoms with Gasteiger partial charge in [0.2, 0.25) is 0 Å². The molecule has 1 aromatic rings. The largest absolute Gasteiger partial charge is 0.398 e. The number of halogens is 1. The third-order valence-electron chi connectivity index (χ3n) is 3.15. The van der Waals surface area contributed by atoms with E-state index in [2.05, 4.69) is 21.2 Å². The molecule has 0 aliphatic heterocycles. The lowest BCUT2D eigenvalue weighted by Crippen LogP contribution is -2.42. The van der Waals surface area contributed by atoms with Crippen LogP contribution in [0.1, 0.15) is 37.0 Å². The average Bonchev–Trinajstić information content (AvgIpc) is 2.38. The first-order chi connectivity index (χ1) is 8.41. The molecule has 1 rings (SSSR count). The normalized spacial score (nSPS) is 11.3. The summed E-state index contributed by atoms with van der Waals surface area (Å²) in [7, 11) is 0. The minimum atomic E-state index is -0.851. The van der Waals surface area contributed by atoms with Gasteiger partial charge in [0.1, 0.15) is 0 Å². The lowest BCUT2D eigenvalue weighted by Gasteiger charge is -2.25. The van der Waals surface area contributed by atoms with Gasteiger partial charge in [-0.25, -0.2) is 0 Å². The number of carbonyl (C=O) groups excluding carboxylic acids is 1. The van der Waals surface area contributed by atoms with Gasteiger partial charge < -0.3 is 16.2 Å². The van der Waals surface area contributed by atoms with E-state index in [9.17, 15) is 9.90 Å². The van der Waals surface area contributed by atoms with Crippen molar-refractivity contribution in [1.29, 1.82) is 0 Å². The molecule has 0 heterocycles. The predicted molar refractivity (Wildman–Crippen MR) is 76.4 cm³/mol. The molecule has 0 aliphatic rings. The van der Waals surface area contributed by atoms with E-state index in [1.807, 2.05) is 13.8 Å². The van der Waals surface area contributed by atoms with Gasteiger partial charge in [0.05, 0.1) is 11.2 Å². The minimum Gasteiger partial charge on any atom is -0.398 e. The van der Waals surface area contributed by atoms with Crippen LogP contribution in [0.4, 0.5) is 5.69 Å². The van der Waals surface area contributed by atoms with Crippen molar-refractivity contribution in [3.05, 3.63) is 28.2 Å². The van der Waals surface area contributed by atoms with Crippen molar-refractivity contribution < 1.29 is 9.90 Å². The van der Waals surface area contributed by atoms with Crippen molar-refractivity contribution in [2.24, 2.45) is 0 Å². The predicted octanol–water partition coefficient (Wildman–Crippen LogP) is 2.31. The van der Waals surface area contributed by atoms with Gasteiger partial charge in [0.15, 0.2) is 0 Å². The van der Waals surface area contributed by atoms with Crippen LogP contribution in [0.3, 0.4) is 0 Å². The number of carbonyl (C=O) groups is 1. The third-order valence-corrected chi connectivity index (χ3v) is 3.65. The number of benzene rings is 1. The number of nitrogen functional groups attached to an aromatic ring is 1. The van der Waals surface area contributed by atoms with Gasteiger partial charge in [0, 0.05) is 16.7 Å². The molecular formula is C13H19BrN2O2. The Morgan fingerprint density at radius 2 is 2.06 bits per heavy atom. The highest BCUT2D eigenvalue weighted by Crippen LogP contribution is 2.19. The van der Waals surface area contributed by atoms with Crippen LogP contribution in [0, 0.1) is 0 Å². The van der Waals surface area contributed by atoms with E-state index in [1.54, 1.807) is 18.2 Å². The minimum absolute atomic E-state index is 0.227. The first kappa shape index (κ1) is 15.0. The highest BCUT2D eigenvalue weighted by atomic mass is 79.9. The highest BCUT2D eigenvalue weighted by molar-refractivity contribution is 9.10. The molecule has 0 spiro atoms. The van der Waals surface area contributed by atoms with Crippen LogP contribution in [-0.2, 0) is 0 Å². The van der Waals surface area contributed by atoms with Crippen molar-refractivity contribution in [3.8, 4) is 0 Å². The summed E-state index contributed by atoms with van der Waals surface area (Å²) < 4.78 is 0.795. The summed E-state index contributed by atoms with van der Waals surface area (Å²) in [5.74, 6) is -0.269.